The second-order valence-electron chi connectivity index (χ2n) is 8.22. The van der Waals surface area contributed by atoms with E-state index in [0.29, 0.717) is 19.1 Å². The molecule has 0 N–H and O–H groups in total. The first-order valence-corrected chi connectivity index (χ1v) is 9.62. The smallest absolute Gasteiger partial charge is 0.243 e. The Balaban J connectivity index is 2.15. The van der Waals surface area contributed by atoms with Crippen LogP contribution in [0.2, 0.25) is 0 Å². The van der Waals surface area contributed by atoms with Crippen LogP contribution in [0.4, 0.5) is 0 Å². The quantitative estimate of drug-likeness (QED) is 0.798. The number of methoxy groups -OCH3 is 1. The monoisotopic (exact) mass is 357 g/mol. The molecule has 1 unspecified atom stereocenters. The number of hydrogen-bond donors (Lipinski definition) is 0. The maximum Gasteiger partial charge on any atom is 0.243 e. The second-order valence-corrected chi connectivity index (χ2v) is 8.22. The summed E-state index contributed by atoms with van der Waals surface area (Å²) in [6.07, 6.45) is 4.59. The average molecular weight is 357 g/mol. The van der Waals surface area contributed by atoms with Crippen LogP contribution < -0.4 is 0 Å². The molecule has 0 aromatic heterocycles. The topological polar surface area (TPSA) is 38.8 Å². The Kier molecular flexibility index (Phi) is 5.16. The molecule has 1 aliphatic heterocycles. The third kappa shape index (κ3) is 3.05. The Hall–Kier alpha value is -1.81. The molecule has 0 spiro atoms. The predicted molar refractivity (Wildman–Crippen MR) is 103 cm³/mol. The fraction of sp³-hybridized carbons (Fsp3) is 0.591. The lowest BCUT2D eigenvalue weighted by atomic mass is 9.67. The lowest BCUT2D eigenvalue weighted by Gasteiger charge is -2.43. The molecule has 142 valence electrons. The molecule has 2 aliphatic rings. The van der Waals surface area contributed by atoms with Gasteiger partial charge in [0, 0.05) is 6.54 Å². The van der Waals surface area contributed by atoms with Crippen molar-refractivity contribution in [2.24, 2.45) is 5.92 Å². The molecular formula is C22H31NO3. The molecule has 1 aromatic rings. The maximum atomic E-state index is 14.0. The van der Waals surface area contributed by atoms with Crippen LogP contribution in [0.15, 0.2) is 36.1 Å². The summed E-state index contributed by atoms with van der Waals surface area (Å²) in [6.45, 7) is 9.54. The molecule has 26 heavy (non-hydrogen) atoms. The fourth-order valence-corrected chi connectivity index (χ4v) is 4.28. The summed E-state index contributed by atoms with van der Waals surface area (Å²) in [5.74, 6) is 1.39. The minimum Gasteiger partial charge on any atom is -0.500 e. The predicted octanol–water partition coefficient (Wildman–Crippen LogP) is 4.04. The van der Waals surface area contributed by atoms with Crippen molar-refractivity contribution in [3.05, 3.63) is 47.2 Å². The SMILES string of the molecule is COC1=CCc2ccccc2C1(CCC(C)C)C(=O)N1CCOC1(C)C. The highest BCUT2D eigenvalue weighted by Gasteiger charge is 2.53. The number of nitrogens with zero attached hydrogens (tertiary/aromatic N) is 1. The molecule has 1 atom stereocenters. The lowest BCUT2D eigenvalue weighted by Crippen LogP contribution is -2.55. The van der Waals surface area contributed by atoms with E-state index in [1.54, 1.807) is 7.11 Å². The van der Waals surface area contributed by atoms with Crippen molar-refractivity contribution in [3.8, 4) is 0 Å². The standard InChI is InChI=1S/C22H31NO3/c1-16(2)12-13-22(20(24)23-14-15-26-21(23,3)4)18-9-7-6-8-17(18)10-11-19(22)25-5/h6-9,11,16H,10,12-15H2,1-5H3. The van der Waals surface area contributed by atoms with Crippen molar-refractivity contribution in [3.63, 3.8) is 0 Å². The van der Waals surface area contributed by atoms with Crippen molar-refractivity contribution >= 4 is 5.91 Å². The van der Waals surface area contributed by atoms with Gasteiger partial charge in [-0.1, -0.05) is 38.1 Å². The molecule has 4 heteroatoms. The van der Waals surface area contributed by atoms with Crippen molar-refractivity contribution in [1.82, 2.24) is 4.90 Å². The first kappa shape index (κ1) is 19.0. The van der Waals surface area contributed by atoms with Gasteiger partial charge in [-0.3, -0.25) is 4.79 Å². The Morgan fingerprint density at radius 1 is 1.31 bits per heavy atom. The number of hydrogen-bond acceptors (Lipinski definition) is 3. The Bertz CT molecular complexity index is 707. The molecule has 1 amide bonds. The molecule has 1 saturated heterocycles. The highest BCUT2D eigenvalue weighted by Crippen LogP contribution is 2.46. The third-order valence-corrected chi connectivity index (χ3v) is 5.75. The summed E-state index contributed by atoms with van der Waals surface area (Å²) in [6, 6.07) is 8.30. The molecule has 4 nitrogen and oxygen atoms in total. The Morgan fingerprint density at radius 2 is 2.04 bits per heavy atom. The van der Waals surface area contributed by atoms with E-state index in [2.05, 4.69) is 32.1 Å². The van der Waals surface area contributed by atoms with Crippen molar-refractivity contribution in [2.45, 2.75) is 58.1 Å². The van der Waals surface area contributed by atoms with Gasteiger partial charge in [0.1, 0.15) is 16.9 Å². The van der Waals surface area contributed by atoms with Crippen LogP contribution in [0.5, 0.6) is 0 Å². The summed E-state index contributed by atoms with van der Waals surface area (Å²) in [5, 5.41) is 0. The molecule has 0 radical (unpaired) electrons. The number of benzene rings is 1. The van der Waals surface area contributed by atoms with E-state index in [0.717, 1.165) is 30.6 Å². The Labute approximate surface area is 157 Å². The second kappa shape index (κ2) is 7.07. The zero-order valence-corrected chi connectivity index (χ0v) is 16.7. The molecular weight excluding hydrogens is 326 g/mol. The van der Waals surface area contributed by atoms with Gasteiger partial charge < -0.3 is 14.4 Å². The molecule has 1 aromatic carbocycles. The summed E-state index contributed by atoms with van der Waals surface area (Å²) < 4.78 is 11.7. The van der Waals surface area contributed by atoms with Gasteiger partial charge in [0.2, 0.25) is 5.91 Å². The number of amides is 1. The van der Waals surface area contributed by atoms with E-state index in [-0.39, 0.29) is 5.91 Å². The van der Waals surface area contributed by atoms with Gasteiger partial charge in [-0.25, -0.2) is 0 Å². The number of carbonyl (C=O) groups excluding carboxylic acids is 1. The van der Waals surface area contributed by atoms with Gasteiger partial charge in [-0.15, -0.1) is 0 Å². The minimum atomic E-state index is -0.765. The van der Waals surface area contributed by atoms with Crippen molar-refractivity contribution in [2.75, 3.05) is 20.3 Å². The van der Waals surface area contributed by atoms with Crippen LogP contribution in [-0.2, 0) is 26.1 Å². The van der Waals surface area contributed by atoms with E-state index in [1.807, 2.05) is 30.9 Å². The lowest BCUT2D eigenvalue weighted by molar-refractivity contribution is -0.151. The highest BCUT2D eigenvalue weighted by molar-refractivity contribution is 5.93. The average Bonchev–Trinajstić information content (AvgIpc) is 2.97. The third-order valence-electron chi connectivity index (χ3n) is 5.75. The van der Waals surface area contributed by atoms with E-state index in [1.165, 1.54) is 5.56 Å². The van der Waals surface area contributed by atoms with Gasteiger partial charge in [0.25, 0.3) is 0 Å². The summed E-state index contributed by atoms with van der Waals surface area (Å²) in [7, 11) is 1.68. The van der Waals surface area contributed by atoms with E-state index < -0.39 is 11.1 Å². The van der Waals surface area contributed by atoms with E-state index in [9.17, 15) is 4.79 Å². The fourth-order valence-electron chi connectivity index (χ4n) is 4.28. The van der Waals surface area contributed by atoms with Gasteiger partial charge in [0.15, 0.2) is 0 Å². The zero-order chi connectivity index (χ0) is 18.9. The highest BCUT2D eigenvalue weighted by atomic mass is 16.5. The van der Waals surface area contributed by atoms with Crippen LogP contribution in [0.25, 0.3) is 0 Å². The van der Waals surface area contributed by atoms with E-state index >= 15 is 0 Å². The van der Waals surface area contributed by atoms with Crippen LogP contribution in [0.3, 0.4) is 0 Å². The van der Waals surface area contributed by atoms with Crippen LogP contribution >= 0.6 is 0 Å². The van der Waals surface area contributed by atoms with Gasteiger partial charge in [-0.2, -0.15) is 0 Å². The maximum absolute atomic E-state index is 14.0. The molecule has 0 saturated carbocycles. The van der Waals surface area contributed by atoms with Crippen molar-refractivity contribution in [1.29, 1.82) is 0 Å². The summed E-state index contributed by atoms with van der Waals surface area (Å²) in [5.41, 5.74) is 0.947. The molecule has 1 heterocycles. The Morgan fingerprint density at radius 3 is 2.65 bits per heavy atom. The number of rotatable bonds is 5. The zero-order valence-electron chi connectivity index (χ0n) is 16.7. The normalized spacial score (nSPS) is 24.4. The largest absolute Gasteiger partial charge is 0.500 e. The summed E-state index contributed by atoms with van der Waals surface area (Å²) >= 11 is 0. The molecule has 1 fully saturated rings. The number of fused-ring (bicyclic) bond motifs is 1. The van der Waals surface area contributed by atoms with Crippen LogP contribution in [0.1, 0.15) is 51.7 Å². The first-order chi connectivity index (χ1) is 12.3. The molecule has 3 rings (SSSR count). The van der Waals surface area contributed by atoms with Gasteiger partial charge in [0.05, 0.1) is 13.7 Å². The van der Waals surface area contributed by atoms with Gasteiger partial charge >= 0.3 is 0 Å². The van der Waals surface area contributed by atoms with Crippen LogP contribution in [0, 0.1) is 5.92 Å². The molecule has 0 bridgehead atoms. The van der Waals surface area contributed by atoms with Gasteiger partial charge in [-0.05, 0) is 56.2 Å². The minimum absolute atomic E-state index is 0.0981. The van der Waals surface area contributed by atoms with E-state index in [4.69, 9.17) is 9.47 Å². The van der Waals surface area contributed by atoms with Crippen LogP contribution in [-0.4, -0.2) is 36.8 Å². The molecule has 1 aliphatic carbocycles. The number of ether oxygens (including phenoxy) is 2. The van der Waals surface area contributed by atoms with Crippen molar-refractivity contribution < 1.29 is 14.3 Å². The summed E-state index contributed by atoms with van der Waals surface area (Å²) in [4.78, 5) is 15.9. The number of allylic oxidation sites excluding steroid dienone is 1. The number of carbonyl (C=O) groups is 1. The first-order valence-electron chi connectivity index (χ1n) is 9.62.